The monoisotopic (exact) mass is 504 g/mol. The lowest BCUT2D eigenvalue weighted by molar-refractivity contribution is -0.161. The van der Waals surface area contributed by atoms with Gasteiger partial charge in [-0.15, -0.1) is 0 Å². The van der Waals surface area contributed by atoms with Crippen LogP contribution in [0.2, 0.25) is 20.1 Å². The van der Waals surface area contributed by atoms with E-state index >= 15 is 0 Å². The Kier molecular flexibility index (Phi) is 8.49. The number of carbonyl (C=O) groups is 4. The first-order valence-corrected chi connectivity index (χ1v) is 10.5. The van der Waals surface area contributed by atoms with Gasteiger partial charge in [0.05, 0.1) is 21.2 Å². The van der Waals surface area contributed by atoms with Gasteiger partial charge in [0.15, 0.2) is 29.5 Å². The molecule has 0 aliphatic rings. The van der Waals surface area contributed by atoms with Crippen molar-refractivity contribution in [2.24, 2.45) is 5.41 Å². The van der Waals surface area contributed by atoms with E-state index in [4.69, 9.17) is 55.9 Å². The van der Waals surface area contributed by atoms with Crippen LogP contribution < -0.4 is 9.47 Å². The van der Waals surface area contributed by atoms with Crippen LogP contribution in [0.5, 0.6) is 11.5 Å². The molecule has 0 aromatic heterocycles. The molecule has 0 spiro atoms. The van der Waals surface area contributed by atoms with Gasteiger partial charge in [0, 0.05) is 10.0 Å². The summed E-state index contributed by atoms with van der Waals surface area (Å²) in [6.45, 7) is 3.17. The number of benzene rings is 2. The lowest BCUT2D eigenvalue weighted by atomic mass is 9.82. The number of halogens is 4. The van der Waals surface area contributed by atoms with Crippen molar-refractivity contribution in [1.82, 2.24) is 0 Å². The van der Waals surface area contributed by atoms with E-state index in [0.717, 1.165) is 0 Å². The zero-order valence-corrected chi connectivity index (χ0v) is 19.4. The van der Waals surface area contributed by atoms with E-state index in [1.54, 1.807) is 13.8 Å². The van der Waals surface area contributed by atoms with Gasteiger partial charge < -0.3 is 9.47 Å². The number of aldehydes is 2. The minimum Gasteiger partial charge on any atom is -0.423 e. The molecule has 31 heavy (non-hydrogen) atoms. The maximum atomic E-state index is 13.1. The number of hydrogen-bond acceptors (Lipinski definition) is 6. The summed E-state index contributed by atoms with van der Waals surface area (Å²) in [6, 6.07) is 5.12. The molecule has 164 valence electrons. The van der Waals surface area contributed by atoms with Gasteiger partial charge in [-0.3, -0.25) is 19.2 Å². The van der Waals surface area contributed by atoms with Crippen LogP contribution in [0.15, 0.2) is 24.3 Å². The van der Waals surface area contributed by atoms with E-state index in [0.29, 0.717) is 12.6 Å². The highest BCUT2D eigenvalue weighted by molar-refractivity contribution is 6.37. The molecule has 0 aliphatic heterocycles. The maximum absolute atomic E-state index is 13.1. The third kappa shape index (κ3) is 5.21. The van der Waals surface area contributed by atoms with Gasteiger partial charge >= 0.3 is 11.9 Å². The van der Waals surface area contributed by atoms with Crippen molar-refractivity contribution in [3.63, 3.8) is 0 Å². The summed E-state index contributed by atoms with van der Waals surface area (Å²) < 4.78 is 10.7. The van der Waals surface area contributed by atoms with Crippen molar-refractivity contribution in [2.45, 2.75) is 26.7 Å². The third-order valence-electron chi connectivity index (χ3n) is 4.71. The molecule has 0 saturated heterocycles. The van der Waals surface area contributed by atoms with Crippen molar-refractivity contribution in [2.75, 3.05) is 0 Å². The minimum absolute atomic E-state index is 0.00949. The van der Waals surface area contributed by atoms with E-state index in [2.05, 4.69) is 0 Å². The van der Waals surface area contributed by atoms with Crippen LogP contribution in [0.25, 0.3) is 0 Å². The summed E-state index contributed by atoms with van der Waals surface area (Å²) >= 11 is 23.9. The molecule has 0 unspecified atom stereocenters. The van der Waals surface area contributed by atoms with Crippen LogP contribution in [0, 0.1) is 5.41 Å². The molecule has 0 N–H and O–H groups in total. The second-order valence-corrected chi connectivity index (χ2v) is 8.10. The number of hydrogen-bond donors (Lipinski definition) is 0. The molecule has 2 aromatic rings. The molecule has 0 radical (unpaired) electrons. The van der Waals surface area contributed by atoms with E-state index in [9.17, 15) is 19.2 Å². The normalized spacial score (nSPS) is 11.0. The third-order valence-corrected chi connectivity index (χ3v) is 5.70. The molecule has 0 heterocycles. The Hall–Kier alpha value is -2.12. The van der Waals surface area contributed by atoms with Gasteiger partial charge in [-0.2, -0.15) is 0 Å². The van der Waals surface area contributed by atoms with Crippen LogP contribution in [-0.2, 0) is 9.59 Å². The predicted octanol–water partition coefficient (Wildman–Crippen LogP) is 6.24. The highest BCUT2D eigenvalue weighted by Crippen LogP contribution is 2.38. The Morgan fingerprint density at radius 2 is 1.13 bits per heavy atom. The average molecular weight is 506 g/mol. The van der Waals surface area contributed by atoms with Crippen molar-refractivity contribution in [1.29, 1.82) is 0 Å². The summed E-state index contributed by atoms with van der Waals surface area (Å²) in [4.78, 5) is 48.9. The molecule has 0 bridgehead atoms. The molecule has 6 nitrogen and oxygen atoms in total. The summed E-state index contributed by atoms with van der Waals surface area (Å²) in [6.07, 6.45) is 0.819. The Labute approximate surface area is 198 Å². The van der Waals surface area contributed by atoms with E-state index in [-0.39, 0.29) is 55.6 Å². The highest BCUT2D eigenvalue weighted by Gasteiger charge is 2.47. The van der Waals surface area contributed by atoms with Crippen LogP contribution in [-0.4, -0.2) is 24.5 Å². The van der Waals surface area contributed by atoms with E-state index < -0.39 is 17.4 Å². The topological polar surface area (TPSA) is 86.7 Å². The first-order valence-electron chi connectivity index (χ1n) is 8.96. The molecule has 0 fully saturated rings. The largest absolute Gasteiger partial charge is 0.423 e. The number of esters is 2. The van der Waals surface area contributed by atoms with E-state index in [1.807, 2.05) is 0 Å². The summed E-state index contributed by atoms with van der Waals surface area (Å²) in [7, 11) is 0. The fraction of sp³-hybridized carbons (Fsp3) is 0.238. The lowest BCUT2D eigenvalue weighted by Gasteiger charge is -2.27. The Balaban J connectivity index is 2.45. The van der Waals surface area contributed by atoms with Crippen molar-refractivity contribution in [3.8, 4) is 11.5 Å². The summed E-state index contributed by atoms with van der Waals surface area (Å²) in [5, 5.41) is 0.174. The lowest BCUT2D eigenvalue weighted by Crippen LogP contribution is -2.44. The van der Waals surface area contributed by atoms with Crippen LogP contribution >= 0.6 is 46.4 Å². The zero-order chi connectivity index (χ0) is 23.3. The van der Waals surface area contributed by atoms with Crippen LogP contribution in [0.3, 0.4) is 0 Å². The SMILES string of the molecule is CCC(CC)(C(=O)Oc1c(Cl)cc(Cl)cc1C=O)C(=O)Oc1c(Cl)cc(Cl)cc1C=O. The molecule has 0 amide bonds. The molecule has 0 atom stereocenters. The van der Waals surface area contributed by atoms with Gasteiger partial charge in [0.1, 0.15) is 0 Å². The quantitative estimate of drug-likeness (QED) is 0.182. The van der Waals surface area contributed by atoms with Crippen molar-refractivity contribution >= 4 is 70.9 Å². The minimum atomic E-state index is -1.77. The summed E-state index contributed by atoms with van der Waals surface area (Å²) in [5.41, 5.74) is -1.90. The molecule has 0 saturated carbocycles. The van der Waals surface area contributed by atoms with Crippen molar-refractivity contribution in [3.05, 3.63) is 55.5 Å². The maximum Gasteiger partial charge on any atom is 0.328 e. The fourth-order valence-corrected chi connectivity index (χ4v) is 3.94. The molecule has 2 aromatic carbocycles. The van der Waals surface area contributed by atoms with Gasteiger partial charge in [-0.05, 0) is 37.1 Å². The second-order valence-electron chi connectivity index (χ2n) is 6.42. The molecule has 2 rings (SSSR count). The molecule has 0 aliphatic carbocycles. The van der Waals surface area contributed by atoms with Gasteiger partial charge in [-0.1, -0.05) is 60.3 Å². The standard InChI is InChI=1S/C21H16Cl4O6/c1-3-21(4-2,19(28)30-17-11(9-26)5-13(22)7-15(17)24)20(29)31-18-12(10-27)6-14(23)8-16(18)25/h5-10H,3-4H2,1-2H3. The van der Waals surface area contributed by atoms with Gasteiger partial charge in [0.25, 0.3) is 0 Å². The molecular weight excluding hydrogens is 490 g/mol. The van der Waals surface area contributed by atoms with Crippen LogP contribution in [0.4, 0.5) is 0 Å². The second kappa shape index (κ2) is 10.5. The summed E-state index contributed by atoms with van der Waals surface area (Å²) in [5.74, 6) is -2.45. The van der Waals surface area contributed by atoms with Gasteiger partial charge in [0.2, 0.25) is 0 Å². The first kappa shape index (κ1) is 25.1. The van der Waals surface area contributed by atoms with Crippen molar-refractivity contribution < 1.29 is 28.7 Å². The molecular formula is C21H16Cl4O6. The van der Waals surface area contributed by atoms with Crippen LogP contribution in [0.1, 0.15) is 47.4 Å². The fourth-order valence-electron chi connectivity index (χ4n) is 2.84. The Morgan fingerprint density at radius 1 is 0.774 bits per heavy atom. The Morgan fingerprint density at radius 3 is 1.42 bits per heavy atom. The first-order chi connectivity index (χ1) is 14.6. The highest BCUT2D eigenvalue weighted by atomic mass is 35.5. The number of ether oxygens (including phenoxy) is 2. The average Bonchev–Trinajstić information content (AvgIpc) is 2.72. The smallest absolute Gasteiger partial charge is 0.328 e. The predicted molar refractivity (Wildman–Crippen MR) is 118 cm³/mol. The van der Waals surface area contributed by atoms with E-state index in [1.165, 1.54) is 24.3 Å². The Bertz CT molecular complexity index is 967. The zero-order valence-electron chi connectivity index (χ0n) is 16.3. The molecule has 10 heteroatoms. The van der Waals surface area contributed by atoms with Gasteiger partial charge in [-0.25, -0.2) is 0 Å². The number of carbonyl (C=O) groups excluding carboxylic acids is 4. The number of rotatable bonds is 8.